The van der Waals surface area contributed by atoms with Gasteiger partial charge in [-0.05, 0) is 49.4 Å². The molecule has 0 spiro atoms. The van der Waals surface area contributed by atoms with Crippen LogP contribution in [0, 0.1) is 11.8 Å². The molecule has 2 unspecified atom stereocenters. The molecule has 1 aromatic rings. The summed E-state index contributed by atoms with van der Waals surface area (Å²) in [5.41, 5.74) is 1.37. The smallest absolute Gasteiger partial charge is 0.251 e. The summed E-state index contributed by atoms with van der Waals surface area (Å²) in [4.78, 5) is 24.2. The van der Waals surface area contributed by atoms with Gasteiger partial charge in [0.25, 0.3) is 5.91 Å². The molecule has 0 radical (unpaired) electrons. The van der Waals surface area contributed by atoms with Gasteiger partial charge in [-0.3, -0.25) is 9.59 Å². The largest absolute Gasteiger partial charge is 0.351 e. The van der Waals surface area contributed by atoms with Crippen LogP contribution in [-0.2, 0) is 4.79 Å². The van der Waals surface area contributed by atoms with Crippen LogP contribution in [0.1, 0.15) is 62.2 Å². The Morgan fingerprint density at radius 1 is 1.00 bits per heavy atom. The normalized spacial score (nSPS) is 23.1. The summed E-state index contributed by atoms with van der Waals surface area (Å²) < 4.78 is 0. The molecule has 2 atom stereocenters. The van der Waals surface area contributed by atoms with Crippen molar-refractivity contribution in [3.63, 3.8) is 0 Å². The van der Waals surface area contributed by atoms with Crippen LogP contribution in [0.4, 0.5) is 5.69 Å². The van der Waals surface area contributed by atoms with Crippen LogP contribution in [0.2, 0.25) is 0 Å². The first-order valence-corrected chi connectivity index (χ1v) is 10.1. The zero-order chi connectivity index (χ0) is 18.4. The van der Waals surface area contributed by atoms with E-state index in [9.17, 15) is 9.59 Å². The number of carbonyl (C=O) groups is 2. The van der Waals surface area contributed by atoms with Crippen molar-refractivity contribution in [1.29, 1.82) is 0 Å². The van der Waals surface area contributed by atoms with E-state index in [4.69, 9.17) is 0 Å². The fourth-order valence-corrected chi connectivity index (χ4v) is 3.67. The number of nitrogens with one attached hydrogen (secondary N) is 3. The maximum atomic E-state index is 12.2. The van der Waals surface area contributed by atoms with Gasteiger partial charge in [-0.2, -0.15) is 0 Å². The summed E-state index contributed by atoms with van der Waals surface area (Å²) in [6.07, 6.45) is 8.80. The lowest BCUT2D eigenvalue weighted by Crippen LogP contribution is -2.36. The summed E-state index contributed by atoms with van der Waals surface area (Å²) in [5.74, 6) is 0.659. The molecule has 2 aliphatic rings. The molecule has 5 heteroatoms. The van der Waals surface area contributed by atoms with Crippen LogP contribution in [0.3, 0.4) is 0 Å². The molecular formula is C21H31N3O2. The number of hydrogen-bond acceptors (Lipinski definition) is 3. The Bertz CT molecular complexity index is 606. The number of anilines is 1. The molecule has 142 valence electrons. The van der Waals surface area contributed by atoms with Crippen molar-refractivity contribution in [2.45, 2.75) is 57.9 Å². The van der Waals surface area contributed by atoms with E-state index >= 15 is 0 Å². The van der Waals surface area contributed by atoms with Gasteiger partial charge in [-0.1, -0.05) is 32.6 Å². The minimum Gasteiger partial charge on any atom is -0.351 e. The molecule has 2 saturated carbocycles. The average Bonchev–Trinajstić information content (AvgIpc) is 3.42. The van der Waals surface area contributed by atoms with E-state index in [0.29, 0.717) is 24.1 Å². The standard InChI is InChI=1S/C21H31N3O2/c1-15-14-19(15)21(26)24-18-10-8-16(9-11-18)20(25)23-13-12-22-17-6-4-2-3-5-7-17/h8-11,15,17,19,22H,2-7,12-14H2,1H3,(H,23,25)(H,24,26). The fourth-order valence-electron chi connectivity index (χ4n) is 3.67. The lowest BCUT2D eigenvalue weighted by molar-refractivity contribution is -0.117. The second kappa shape index (κ2) is 9.17. The van der Waals surface area contributed by atoms with Crippen molar-refractivity contribution in [3.8, 4) is 0 Å². The van der Waals surface area contributed by atoms with Crippen LogP contribution >= 0.6 is 0 Å². The Morgan fingerprint density at radius 2 is 1.65 bits per heavy atom. The summed E-state index contributed by atoms with van der Waals surface area (Å²) in [5, 5.41) is 9.43. The van der Waals surface area contributed by atoms with Crippen molar-refractivity contribution in [3.05, 3.63) is 29.8 Å². The van der Waals surface area contributed by atoms with Crippen molar-refractivity contribution in [2.75, 3.05) is 18.4 Å². The molecule has 0 aromatic heterocycles. The molecule has 0 aliphatic heterocycles. The Balaban J connectivity index is 1.36. The van der Waals surface area contributed by atoms with Gasteiger partial charge in [0.05, 0.1) is 0 Å². The van der Waals surface area contributed by atoms with Gasteiger partial charge >= 0.3 is 0 Å². The van der Waals surface area contributed by atoms with E-state index < -0.39 is 0 Å². The maximum Gasteiger partial charge on any atom is 0.251 e. The Hall–Kier alpha value is -1.88. The van der Waals surface area contributed by atoms with Gasteiger partial charge in [-0.25, -0.2) is 0 Å². The monoisotopic (exact) mass is 357 g/mol. The van der Waals surface area contributed by atoms with Crippen molar-refractivity contribution >= 4 is 17.5 Å². The van der Waals surface area contributed by atoms with Crippen LogP contribution in [0.5, 0.6) is 0 Å². The predicted molar refractivity (Wildman–Crippen MR) is 104 cm³/mol. The molecule has 2 amide bonds. The first-order chi connectivity index (χ1) is 12.6. The lowest BCUT2D eigenvalue weighted by Gasteiger charge is -2.16. The van der Waals surface area contributed by atoms with E-state index in [1.54, 1.807) is 24.3 Å². The molecular weight excluding hydrogens is 326 g/mol. The van der Waals surface area contributed by atoms with E-state index in [-0.39, 0.29) is 17.7 Å². The van der Waals surface area contributed by atoms with Crippen molar-refractivity contribution < 1.29 is 9.59 Å². The van der Waals surface area contributed by atoms with E-state index in [1.807, 2.05) is 0 Å². The Kier molecular flexibility index (Phi) is 6.67. The maximum absolute atomic E-state index is 12.2. The third-order valence-electron chi connectivity index (χ3n) is 5.56. The zero-order valence-corrected chi connectivity index (χ0v) is 15.7. The quantitative estimate of drug-likeness (QED) is 0.518. The van der Waals surface area contributed by atoms with Gasteiger partial charge in [-0.15, -0.1) is 0 Å². The molecule has 1 aromatic carbocycles. The Labute approximate surface area is 156 Å². The molecule has 3 rings (SSSR count). The number of carbonyl (C=O) groups excluding carboxylic acids is 2. The SMILES string of the molecule is CC1CC1C(=O)Nc1ccc(C(=O)NCCNC2CCCCCC2)cc1. The molecule has 2 aliphatic carbocycles. The molecule has 26 heavy (non-hydrogen) atoms. The molecule has 0 heterocycles. The van der Waals surface area contributed by atoms with Crippen molar-refractivity contribution in [2.24, 2.45) is 11.8 Å². The summed E-state index contributed by atoms with van der Waals surface area (Å²) in [7, 11) is 0. The van der Waals surface area contributed by atoms with Gasteiger partial charge < -0.3 is 16.0 Å². The zero-order valence-electron chi connectivity index (χ0n) is 15.7. The van der Waals surface area contributed by atoms with E-state index in [1.165, 1.54) is 38.5 Å². The third-order valence-corrected chi connectivity index (χ3v) is 5.56. The topological polar surface area (TPSA) is 70.2 Å². The highest BCUT2D eigenvalue weighted by molar-refractivity contribution is 5.96. The second-order valence-electron chi connectivity index (χ2n) is 7.78. The summed E-state index contributed by atoms with van der Waals surface area (Å²) in [6.45, 7) is 3.53. The van der Waals surface area contributed by atoms with E-state index in [0.717, 1.165) is 18.7 Å². The van der Waals surface area contributed by atoms with Crippen LogP contribution in [0.15, 0.2) is 24.3 Å². The van der Waals surface area contributed by atoms with E-state index in [2.05, 4.69) is 22.9 Å². The number of hydrogen-bond donors (Lipinski definition) is 3. The van der Waals surface area contributed by atoms with Gasteiger partial charge in [0.15, 0.2) is 0 Å². The van der Waals surface area contributed by atoms with Gasteiger partial charge in [0.2, 0.25) is 5.91 Å². The molecule has 2 fully saturated rings. The molecule has 0 saturated heterocycles. The highest BCUT2D eigenvalue weighted by Gasteiger charge is 2.39. The van der Waals surface area contributed by atoms with Crippen LogP contribution < -0.4 is 16.0 Å². The minimum absolute atomic E-state index is 0.0682. The second-order valence-corrected chi connectivity index (χ2v) is 7.78. The number of amides is 2. The molecule has 3 N–H and O–H groups in total. The summed E-state index contributed by atoms with van der Waals surface area (Å²) >= 11 is 0. The van der Waals surface area contributed by atoms with Gasteiger partial charge in [0, 0.05) is 36.3 Å². The van der Waals surface area contributed by atoms with Crippen LogP contribution in [0.25, 0.3) is 0 Å². The Morgan fingerprint density at radius 3 is 2.27 bits per heavy atom. The molecule has 0 bridgehead atoms. The fraction of sp³-hybridized carbons (Fsp3) is 0.619. The summed E-state index contributed by atoms with van der Waals surface area (Å²) in [6, 6.07) is 7.72. The van der Waals surface area contributed by atoms with Crippen LogP contribution in [-0.4, -0.2) is 30.9 Å². The first kappa shape index (κ1) is 18.9. The van der Waals surface area contributed by atoms with Crippen molar-refractivity contribution in [1.82, 2.24) is 10.6 Å². The predicted octanol–water partition coefficient (Wildman–Crippen LogP) is 3.32. The molecule has 5 nitrogen and oxygen atoms in total. The highest BCUT2D eigenvalue weighted by Crippen LogP contribution is 2.38. The minimum atomic E-state index is -0.0682. The average molecular weight is 357 g/mol. The van der Waals surface area contributed by atoms with Gasteiger partial charge in [0.1, 0.15) is 0 Å². The lowest BCUT2D eigenvalue weighted by atomic mass is 10.1. The number of benzene rings is 1. The first-order valence-electron chi connectivity index (χ1n) is 10.1. The number of rotatable bonds is 7. The highest BCUT2D eigenvalue weighted by atomic mass is 16.2. The third kappa shape index (κ3) is 5.56.